The summed E-state index contributed by atoms with van der Waals surface area (Å²) in [5, 5.41) is 6.16. The first-order valence-electron chi connectivity index (χ1n) is 9.69. The van der Waals surface area contributed by atoms with Crippen LogP contribution in [-0.4, -0.2) is 31.2 Å². The standard InChI is InChI=1S/C22H23F2N5O2S/c1-31-7-6-28-32-18-4-2-17(3-5-18)29-21-11-20(19(13-27-21)22(25)30)26-12-14-8-15(23)10-16(24)9-14/h2-5,8-11,13,28H,6-7,12H2,1H3,(H2,25,30)(H2,26,27,29). The lowest BCUT2D eigenvalue weighted by Crippen LogP contribution is -2.15. The van der Waals surface area contributed by atoms with Gasteiger partial charge in [-0.2, -0.15) is 0 Å². The van der Waals surface area contributed by atoms with Crippen LogP contribution in [0.15, 0.2) is 59.6 Å². The molecule has 10 heteroatoms. The minimum absolute atomic E-state index is 0.0976. The molecule has 0 radical (unpaired) electrons. The average Bonchev–Trinajstić information content (AvgIpc) is 2.76. The number of methoxy groups -OCH3 is 1. The number of ether oxygens (including phenoxy) is 1. The van der Waals surface area contributed by atoms with Crippen molar-refractivity contribution in [2.24, 2.45) is 5.73 Å². The highest BCUT2D eigenvalue weighted by atomic mass is 32.2. The molecule has 1 aromatic heterocycles. The number of nitrogens with one attached hydrogen (secondary N) is 3. The number of hydrogen-bond acceptors (Lipinski definition) is 7. The van der Waals surface area contributed by atoms with E-state index in [9.17, 15) is 13.6 Å². The van der Waals surface area contributed by atoms with Crippen LogP contribution in [0.1, 0.15) is 15.9 Å². The monoisotopic (exact) mass is 459 g/mol. The molecule has 0 unspecified atom stereocenters. The minimum atomic E-state index is -0.676. The predicted octanol–water partition coefficient (Wildman–Crippen LogP) is 4.06. The fraction of sp³-hybridized carbons (Fsp3) is 0.182. The molecule has 2 aromatic carbocycles. The topological polar surface area (TPSA) is 101 Å². The van der Waals surface area contributed by atoms with E-state index in [0.717, 1.165) is 23.2 Å². The lowest BCUT2D eigenvalue weighted by molar-refractivity contribution is 0.100. The Morgan fingerprint density at radius 3 is 2.50 bits per heavy atom. The molecule has 0 saturated carbocycles. The molecule has 0 saturated heterocycles. The number of hydrogen-bond donors (Lipinski definition) is 4. The molecule has 0 aliphatic heterocycles. The van der Waals surface area contributed by atoms with Gasteiger partial charge in [-0.3, -0.25) is 9.52 Å². The summed E-state index contributed by atoms with van der Waals surface area (Å²) in [5.74, 6) is -1.55. The highest BCUT2D eigenvalue weighted by Crippen LogP contribution is 2.24. The molecule has 5 N–H and O–H groups in total. The third-order valence-electron chi connectivity index (χ3n) is 4.30. The van der Waals surface area contributed by atoms with Gasteiger partial charge in [0, 0.05) is 49.1 Å². The number of benzene rings is 2. The average molecular weight is 460 g/mol. The summed E-state index contributed by atoms with van der Waals surface area (Å²) in [6.45, 7) is 1.46. The van der Waals surface area contributed by atoms with Crippen LogP contribution in [0.5, 0.6) is 0 Å². The Kier molecular flexibility index (Phi) is 8.37. The van der Waals surface area contributed by atoms with Crippen molar-refractivity contribution < 1.29 is 18.3 Å². The number of carbonyl (C=O) groups is 1. The van der Waals surface area contributed by atoms with Gasteiger partial charge in [0.05, 0.1) is 17.9 Å². The number of pyridine rings is 1. The zero-order valence-corrected chi connectivity index (χ0v) is 18.1. The van der Waals surface area contributed by atoms with Crippen LogP contribution in [0, 0.1) is 11.6 Å². The van der Waals surface area contributed by atoms with E-state index in [1.165, 1.54) is 30.3 Å². The van der Waals surface area contributed by atoms with Gasteiger partial charge in [-0.25, -0.2) is 13.8 Å². The Labute approximate surface area is 188 Å². The number of amides is 1. The van der Waals surface area contributed by atoms with Gasteiger partial charge in [-0.05, 0) is 53.9 Å². The number of carbonyl (C=O) groups excluding carboxylic acids is 1. The largest absolute Gasteiger partial charge is 0.383 e. The number of primary amides is 1. The van der Waals surface area contributed by atoms with E-state index < -0.39 is 17.5 Å². The van der Waals surface area contributed by atoms with E-state index in [1.54, 1.807) is 13.2 Å². The first-order chi connectivity index (χ1) is 15.4. The molecular weight excluding hydrogens is 436 g/mol. The second-order valence-electron chi connectivity index (χ2n) is 6.75. The molecule has 3 aromatic rings. The fourth-order valence-corrected chi connectivity index (χ4v) is 3.43. The quantitative estimate of drug-likeness (QED) is 0.253. The molecule has 0 aliphatic rings. The van der Waals surface area contributed by atoms with Gasteiger partial charge in [0.15, 0.2) is 0 Å². The number of aromatic nitrogens is 1. The summed E-state index contributed by atoms with van der Waals surface area (Å²) in [5.41, 5.74) is 7.18. The molecule has 0 bridgehead atoms. The molecule has 0 atom stereocenters. The Balaban J connectivity index is 1.69. The zero-order valence-electron chi connectivity index (χ0n) is 17.3. The van der Waals surface area contributed by atoms with Crippen LogP contribution in [0.25, 0.3) is 0 Å². The second-order valence-corrected chi connectivity index (χ2v) is 7.71. The van der Waals surface area contributed by atoms with Crippen molar-refractivity contribution in [3.8, 4) is 0 Å². The molecule has 32 heavy (non-hydrogen) atoms. The van der Waals surface area contributed by atoms with Crippen molar-refractivity contribution in [1.82, 2.24) is 9.71 Å². The minimum Gasteiger partial charge on any atom is -0.383 e. The lowest BCUT2D eigenvalue weighted by Gasteiger charge is -2.13. The smallest absolute Gasteiger partial charge is 0.252 e. The number of nitrogens with two attached hydrogens (primary N) is 1. The van der Waals surface area contributed by atoms with Gasteiger partial charge in [0.1, 0.15) is 17.5 Å². The predicted molar refractivity (Wildman–Crippen MR) is 122 cm³/mol. The second kappa shape index (κ2) is 11.4. The highest BCUT2D eigenvalue weighted by molar-refractivity contribution is 7.97. The Bertz CT molecular complexity index is 1050. The van der Waals surface area contributed by atoms with Gasteiger partial charge in [-0.15, -0.1) is 0 Å². The molecule has 1 heterocycles. The summed E-state index contributed by atoms with van der Waals surface area (Å²) in [6, 6.07) is 12.5. The van der Waals surface area contributed by atoms with Gasteiger partial charge < -0.3 is 21.1 Å². The zero-order chi connectivity index (χ0) is 22.9. The summed E-state index contributed by atoms with van der Waals surface area (Å²) >= 11 is 1.50. The van der Waals surface area contributed by atoms with E-state index in [2.05, 4.69) is 20.3 Å². The number of nitrogens with zero attached hydrogens (tertiary/aromatic N) is 1. The third kappa shape index (κ3) is 6.91. The summed E-state index contributed by atoms with van der Waals surface area (Å²) in [7, 11) is 1.65. The normalized spacial score (nSPS) is 10.7. The van der Waals surface area contributed by atoms with Gasteiger partial charge in [-0.1, -0.05) is 0 Å². The Morgan fingerprint density at radius 2 is 1.84 bits per heavy atom. The van der Waals surface area contributed by atoms with Crippen LogP contribution in [0.3, 0.4) is 0 Å². The molecule has 3 rings (SSSR count). The van der Waals surface area contributed by atoms with Crippen molar-refractivity contribution in [2.75, 3.05) is 30.9 Å². The first-order valence-corrected chi connectivity index (χ1v) is 10.5. The molecule has 0 aliphatic carbocycles. The maximum Gasteiger partial charge on any atom is 0.252 e. The number of rotatable bonds is 11. The summed E-state index contributed by atoms with van der Waals surface area (Å²) in [4.78, 5) is 17.0. The SMILES string of the molecule is COCCNSc1ccc(Nc2cc(NCc3cc(F)cc(F)c3)c(C(N)=O)cn2)cc1. The fourth-order valence-electron chi connectivity index (χ4n) is 2.81. The molecule has 7 nitrogen and oxygen atoms in total. The molecular formula is C22H23F2N5O2S. The van der Waals surface area contributed by atoms with E-state index >= 15 is 0 Å². The maximum atomic E-state index is 13.4. The Hall–Kier alpha value is -3.21. The first kappa shape index (κ1) is 23.5. The molecule has 1 amide bonds. The molecule has 0 fully saturated rings. The van der Waals surface area contributed by atoms with Gasteiger partial charge >= 0.3 is 0 Å². The summed E-state index contributed by atoms with van der Waals surface area (Å²) in [6.07, 6.45) is 1.35. The van der Waals surface area contributed by atoms with Gasteiger partial charge in [0.25, 0.3) is 5.91 Å². The van der Waals surface area contributed by atoms with Crippen LogP contribution >= 0.6 is 11.9 Å². The highest BCUT2D eigenvalue weighted by Gasteiger charge is 2.11. The third-order valence-corrected chi connectivity index (χ3v) is 5.16. The van der Waals surface area contributed by atoms with E-state index in [-0.39, 0.29) is 12.1 Å². The van der Waals surface area contributed by atoms with Crippen LogP contribution in [0.2, 0.25) is 0 Å². The van der Waals surface area contributed by atoms with Crippen molar-refractivity contribution in [3.63, 3.8) is 0 Å². The van der Waals surface area contributed by atoms with Crippen molar-refractivity contribution >= 4 is 35.0 Å². The van der Waals surface area contributed by atoms with Crippen molar-refractivity contribution in [2.45, 2.75) is 11.4 Å². The maximum absolute atomic E-state index is 13.4. The lowest BCUT2D eigenvalue weighted by atomic mass is 10.1. The number of halogens is 2. The number of anilines is 3. The van der Waals surface area contributed by atoms with Crippen LogP contribution in [-0.2, 0) is 11.3 Å². The van der Waals surface area contributed by atoms with E-state index in [4.69, 9.17) is 10.5 Å². The summed E-state index contributed by atoms with van der Waals surface area (Å²) < 4.78 is 35.0. The van der Waals surface area contributed by atoms with Crippen molar-refractivity contribution in [1.29, 1.82) is 0 Å². The van der Waals surface area contributed by atoms with Crippen LogP contribution in [0.4, 0.5) is 26.0 Å². The van der Waals surface area contributed by atoms with Crippen LogP contribution < -0.4 is 21.1 Å². The van der Waals surface area contributed by atoms with Crippen molar-refractivity contribution in [3.05, 3.63) is 77.5 Å². The van der Waals surface area contributed by atoms with E-state index in [1.807, 2.05) is 24.3 Å². The molecule has 0 spiro atoms. The van der Waals surface area contributed by atoms with E-state index in [0.29, 0.717) is 23.7 Å². The van der Waals surface area contributed by atoms with Gasteiger partial charge in [0.2, 0.25) is 0 Å². The Morgan fingerprint density at radius 1 is 1.12 bits per heavy atom. The molecule has 168 valence electrons.